The number of benzene rings is 2. The van der Waals surface area contributed by atoms with Crippen molar-refractivity contribution in [2.75, 3.05) is 13.7 Å². The number of hydrogen-bond donors (Lipinski definition) is 1. The first-order valence-electron chi connectivity index (χ1n) is 7.86. The molecule has 25 heavy (non-hydrogen) atoms. The molecule has 6 heteroatoms. The van der Waals surface area contributed by atoms with Crippen LogP contribution in [0.4, 0.5) is 0 Å². The van der Waals surface area contributed by atoms with E-state index in [-0.39, 0.29) is 6.61 Å². The number of carboxylic acids is 1. The maximum Gasteiger partial charge on any atom is 0.326 e. The topological polar surface area (TPSA) is 76.1 Å². The number of nitrogens with zero attached hydrogens (tertiary/aromatic N) is 1. The van der Waals surface area contributed by atoms with E-state index in [1.54, 1.807) is 18.2 Å². The molecule has 0 fully saturated rings. The van der Waals surface area contributed by atoms with Gasteiger partial charge in [-0.1, -0.05) is 42.5 Å². The van der Waals surface area contributed by atoms with Gasteiger partial charge in [0.15, 0.2) is 18.1 Å². The molecule has 2 rings (SSSR count). The van der Waals surface area contributed by atoms with Gasteiger partial charge in [-0.05, 0) is 24.6 Å². The number of aliphatic carboxylic acids is 1. The van der Waals surface area contributed by atoms with Gasteiger partial charge in [-0.25, -0.2) is 4.79 Å². The molecular weight excluding hydrogens is 322 g/mol. The number of hydrogen-bond acceptors (Lipinski definition) is 4. The molecule has 0 heterocycles. The Morgan fingerprint density at radius 1 is 1.00 bits per heavy atom. The second-order valence-corrected chi connectivity index (χ2v) is 5.53. The Labute approximate surface area is 146 Å². The molecule has 1 N–H and O–H groups in total. The minimum atomic E-state index is -1.07. The highest BCUT2D eigenvalue weighted by molar-refractivity contribution is 5.84. The van der Waals surface area contributed by atoms with Gasteiger partial charge in [0.05, 0.1) is 0 Å². The van der Waals surface area contributed by atoms with Crippen LogP contribution < -0.4 is 9.47 Å². The summed E-state index contributed by atoms with van der Waals surface area (Å²) in [5.74, 6) is -0.536. The summed E-state index contributed by atoms with van der Waals surface area (Å²) in [6.07, 6.45) is 0. The van der Waals surface area contributed by atoms with Crippen LogP contribution in [0.25, 0.3) is 0 Å². The number of likely N-dealkylation sites (N-methyl/N-ethyl adjacent to an activating group) is 1. The molecule has 0 radical (unpaired) electrons. The molecule has 0 aliphatic rings. The quantitative estimate of drug-likeness (QED) is 0.797. The number of carbonyl (C=O) groups excluding carboxylic acids is 1. The van der Waals surface area contributed by atoms with Gasteiger partial charge in [0.25, 0.3) is 5.91 Å². The zero-order valence-electron chi connectivity index (χ0n) is 14.2. The van der Waals surface area contributed by atoms with E-state index in [1.165, 1.54) is 14.0 Å². The second kappa shape index (κ2) is 8.73. The molecule has 0 aromatic heterocycles. The summed E-state index contributed by atoms with van der Waals surface area (Å²) in [7, 11) is 1.43. The molecule has 0 spiro atoms. The zero-order chi connectivity index (χ0) is 18.2. The third-order valence-corrected chi connectivity index (χ3v) is 3.77. The molecule has 2 aromatic carbocycles. The van der Waals surface area contributed by atoms with Crippen molar-refractivity contribution in [3.05, 3.63) is 60.2 Å². The van der Waals surface area contributed by atoms with Crippen LogP contribution >= 0.6 is 0 Å². The van der Waals surface area contributed by atoms with Crippen LogP contribution in [0.15, 0.2) is 54.6 Å². The highest BCUT2D eigenvalue weighted by atomic mass is 16.5. The number of ether oxygens (including phenoxy) is 2. The van der Waals surface area contributed by atoms with E-state index < -0.39 is 17.9 Å². The summed E-state index contributed by atoms with van der Waals surface area (Å²) in [6, 6.07) is 15.8. The summed E-state index contributed by atoms with van der Waals surface area (Å²) >= 11 is 0. The Hall–Kier alpha value is -3.02. The van der Waals surface area contributed by atoms with Crippen LogP contribution in [0.3, 0.4) is 0 Å². The van der Waals surface area contributed by atoms with E-state index in [9.17, 15) is 9.59 Å². The fourth-order valence-corrected chi connectivity index (χ4v) is 2.05. The van der Waals surface area contributed by atoms with Crippen LogP contribution in [0.1, 0.15) is 12.5 Å². The molecule has 0 aliphatic heterocycles. The van der Waals surface area contributed by atoms with Crippen molar-refractivity contribution < 1.29 is 24.2 Å². The number of para-hydroxylation sites is 2. The lowest BCUT2D eigenvalue weighted by molar-refractivity contribution is -0.148. The molecule has 1 atom stereocenters. The lowest BCUT2D eigenvalue weighted by atomic mass is 10.2. The Morgan fingerprint density at radius 2 is 1.56 bits per heavy atom. The standard InChI is InChI=1S/C19H21NO5/c1-14(19(22)23)20(2)18(21)13-25-17-11-7-6-10-16(17)24-12-15-8-4-3-5-9-15/h3-11,14H,12-13H2,1-2H3,(H,22,23). The molecule has 0 saturated heterocycles. The molecule has 2 aromatic rings. The lowest BCUT2D eigenvalue weighted by Gasteiger charge is -2.21. The van der Waals surface area contributed by atoms with Gasteiger partial charge < -0.3 is 19.5 Å². The number of carboxylic acid groups (broad SMARTS) is 1. The highest BCUT2D eigenvalue weighted by Crippen LogP contribution is 2.27. The maximum atomic E-state index is 12.0. The maximum absolute atomic E-state index is 12.0. The predicted octanol–water partition coefficient (Wildman–Crippen LogP) is 2.58. The van der Waals surface area contributed by atoms with Crippen LogP contribution in [0.5, 0.6) is 11.5 Å². The van der Waals surface area contributed by atoms with Crippen molar-refractivity contribution in [2.45, 2.75) is 19.6 Å². The Balaban J connectivity index is 1.96. The minimum absolute atomic E-state index is 0.264. The van der Waals surface area contributed by atoms with Gasteiger partial charge in [0.1, 0.15) is 12.6 Å². The molecule has 0 saturated carbocycles. The van der Waals surface area contributed by atoms with Crippen molar-refractivity contribution in [2.24, 2.45) is 0 Å². The van der Waals surface area contributed by atoms with Gasteiger partial charge >= 0.3 is 5.97 Å². The molecule has 0 bridgehead atoms. The molecular formula is C19H21NO5. The van der Waals surface area contributed by atoms with Gasteiger partial charge in [0, 0.05) is 7.05 Å². The summed E-state index contributed by atoms with van der Waals surface area (Å²) in [5.41, 5.74) is 1.02. The Bertz CT molecular complexity index is 717. The summed E-state index contributed by atoms with van der Waals surface area (Å²) in [5, 5.41) is 8.95. The third kappa shape index (κ3) is 5.24. The fourth-order valence-electron chi connectivity index (χ4n) is 2.05. The van der Waals surface area contributed by atoms with Crippen LogP contribution in [-0.4, -0.2) is 41.6 Å². The van der Waals surface area contributed by atoms with Crippen molar-refractivity contribution in [1.82, 2.24) is 4.90 Å². The monoisotopic (exact) mass is 343 g/mol. The first-order chi connectivity index (χ1) is 12.0. The van der Waals surface area contributed by atoms with Gasteiger partial charge in [-0.3, -0.25) is 4.79 Å². The van der Waals surface area contributed by atoms with Gasteiger partial charge in [0.2, 0.25) is 0 Å². The normalized spacial score (nSPS) is 11.4. The molecule has 1 amide bonds. The summed E-state index contributed by atoms with van der Waals surface area (Å²) < 4.78 is 11.3. The molecule has 1 unspecified atom stereocenters. The van der Waals surface area contributed by atoms with Crippen molar-refractivity contribution in [1.29, 1.82) is 0 Å². The van der Waals surface area contributed by atoms with Crippen molar-refractivity contribution in [3.8, 4) is 11.5 Å². The average molecular weight is 343 g/mol. The zero-order valence-corrected chi connectivity index (χ0v) is 14.2. The SMILES string of the molecule is CC(C(=O)O)N(C)C(=O)COc1ccccc1OCc1ccccc1. The Kier molecular flexibility index (Phi) is 6.39. The number of amides is 1. The highest BCUT2D eigenvalue weighted by Gasteiger charge is 2.22. The predicted molar refractivity (Wildman–Crippen MR) is 92.6 cm³/mol. The van der Waals surface area contributed by atoms with E-state index in [0.29, 0.717) is 18.1 Å². The third-order valence-electron chi connectivity index (χ3n) is 3.77. The van der Waals surface area contributed by atoms with Crippen LogP contribution in [0.2, 0.25) is 0 Å². The summed E-state index contributed by atoms with van der Waals surface area (Å²) in [6.45, 7) is 1.56. The molecule has 6 nitrogen and oxygen atoms in total. The lowest BCUT2D eigenvalue weighted by Crippen LogP contribution is -2.42. The largest absolute Gasteiger partial charge is 0.485 e. The van der Waals surface area contributed by atoms with Crippen LogP contribution in [-0.2, 0) is 16.2 Å². The minimum Gasteiger partial charge on any atom is -0.485 e. The Morgan fingerprint density at radius 3 is 2.16 bits per heavy atom. The number of carbonyl (C=O) groups is 2. The smallest absolute Gasteiger partial charge is 0.326 e. The molecule has 132 valence electrons. The van der Waals surface area contributed by atoms with E-state index in [0.717, 1.165) is 10.5 Å². The van der Waals surface area contributed by atoms with Crippen molar-refractivity contribution in [3.63, 3.8) is 0 Å². The fraction of sp³-hybridized carbons (Fsp3) is 0.263. The second-order valence-electron chi connectivity index (χ2n) is 5.53. The first-order valence-corrected chi connectivity index (χ1v) is 7.86. The van der Waals surface area contributed by atoms with E-state index in [4.69, 9.17) is 14.6 Å². The van der Waals surface area contributed by atoms with Gasteiger partial charge in [-0.15, -0.1) is 0 Å². The van der Waals surface area contributed by atoms with Crippen LogP contribution in [0, 0.1) is 0 Å². The van der Waals surface area contributed by atoms with Gasteiger partial charge in [-0.2, -0.15) is 0 Å². The van der Waals surface area contributed by atoms with E-state index in [2.05, 4.69) is 0 Å². The van der Waals surface area contributed by atoms with E-state index >= 15 is 0 Å². The summed E-state index contributed by atoms with van der Waals surface area (Å²) in [4.78, 5) is 24.1. The molecule has 0 aliphatic carbocycles. The van der Waals surface area contributed by atoms with Crippen molar-refractivity contribution >= 4 is 11.9 Å². The first kappa shape index (κ1) is 18.3. The number of rotatable bonds is 8. The average Bonchev–Trinajstić information content (AvgIpc) is 2.64. The van der Waals surface area contributed by atoms with E-state index in [1.807, 2.05) is 36.4 Å².